The highest BCUT2D eigenvalue weighted by Crippen LogP contribution is 2.23. The van der Waals surface area contributed by atoms with E-state index >= 15 is 0 Å². The van der Waals surface area contributed by atoms with E-state index in [4.69, 9.17) is 4.42 Å². The van der Waals surface area contributed by atoms with Crippen molar-refractivity contribution in [1.29, 1.82) is 0 Å². The molecular formula is C18H23FN4O2. The fourth-order valence-corrected chi connectivity index (χ4v) is 2.81. The van der Waals surface area contributed by atoms with Gasteiger partial charge in [0.2, 0.25) is 5.91 Å². The fraction of sp³-hybridized carbons (Fsp3) is 0.444. The Labute approximate surface area is 146 Å². The molecule has 3 rings (SSSR count). The number of rotatable bonds is 7. The lowest BCUT2D eigenvalue weighted by molar-refractivity contribution is -0.121. The third-order valence-electron chi connectivity index (χ3n) is 4.22. The molecule has 0 atom stereocenters. The van der Waals surface area contributed by atoms with Crippen molar-refractivity contribution >= 4 is 5.91 Å². The Kier molecular flexibility index (Phi) is 6.14. The van der Waals surface area contributed by atoms with Crippen LogP contribution in [0.1, 0.15) is 12.3 Å². The molecule has 0 saturated carbocycles. The Bertz CT molecular complexity index is 698. The highest BCUT2D eigenvalue weighted by molar-refractivity contribution is 5.76. The molecular weight excluding hydrogens is 323 g/mol. The first kappa shape index (κ1) is 17.6. The summed E-state index contributed by atoms with van der Waals surface area (Å²) in [6, 6.07) is 6.39. The molecule has 0 bridgehead atoms. The maximum absolute atomic E-state index is 13.7. The zero-order chi connectivity index (χ0) is 17.5. The van der Waals surface area contributed by atoms with Gasteiger partial charge < -0.3 is 15.1 Å². The molecule has 2 N–H and O–H groups in total. The van der Waals surface area contributed by atoms with Gasteiger partial charge in [0.1, 0.15) is 5.82 Å². The highest BCUT2D eigenvalue weighted by Gasteiger charge is 2.12. The van der Waals surface area contributed by atoms with Gasteiger partial charge in [-0.05, 0) is 12.1 Å². The molecule has 2 aromatic rings. The number of carbonyl (C=O) groups excluding carboxylic acids is 1. The van der Waals surface area contributed by atoms with E-state index in [-0.39, 0.29) is 11.7 Å². The minimum absolute atomic E-state index is 0.0271. The number of halogens is 1. The van der Waals surface area contributed by atoms with Crippen LogP contribution in [0.15, 0.2) is 34.9 Å². The summed E-state index contributed by atoms with van der Waals surface area (Å²) in [7, 11) is 0. The molecule has 2 heterocycles. The van der Waals surface area contributed by atoms with Crippen molar-refractivity contribution in [2.45, 2.75) is 12.8 Å². The van der Waals surface area contributed by atoms with E-state index in [0.717, 1.165) is 32.7 Å². The maximum Gasteiger partial charge on any atom is 0.220 e. The summed E-state index contributed by atoms with van der Waals surface area (Å²) >= 11 is 0. The van der Waals surface area contributed by atoms with Crippen molar-refractivity contribution in [3.8, 4) is 11.3 Å². The minimum atomic E-state index is -0.351. The number of benzene rings is 1. The summed E-state index contributed by atoms with van der Waals surface area (Å²) in [6.07, 6.45) is 2.20. The van der Waals surface area contributed by atoms with E-state index in [1.165, 1.54) is 12.3 Å². The molecule has 6 nitrogen and oxygen atoms in total. The maximum atomic E-state index is 13.7. The molecule has 0 radical (unpaired) electrons. The average molecular weight is 346 g/mol. The molecule has 1 aliphatic heterocycles. The van der Waals surface area contributed by atoms with E-state index < -0.39 is 0 Å². The van der Waals surface area contributed by atoms with E-state index in [1.54, 1.807) is 18.2 Å². The molecule has 0 spiro atoms. The zero-order valence-corrected chi connectivity index (χ0v) is 14.1. The van der Waals surface area contributed by atoms with Crippen molar-refractivity contribution in [2.24, 2.45) is 0 Å². The number of oxazole rings is 1. The largest absolute Gasteiger partial charge is 0.441 e. The fourth-order valence-electron chi connectivity index (χ4n) is 2.81. The number of hydrogen-bond acceptors (Lipinski definition) is 5. The Morgan fingerprint density at radius 2 is 2.12 bits per heavy atom. The first-order valence-electron chi connectivity index (χ1n) is 8.62. The third kappa shape index (κ3) is 5.11. The molecule has 1 aromatic carbocycles. The van der Waals surface area contributed by atoms with E-state index in [0.29, 0.717) is 36.6 Å². The summed E-state index contributed by atoms with van der Waals surface area (Å²) in [5.41, 5.74) is 0.377. The van der Waals surface area contributed by atoms with Gasteiger partial charge in [0.05, 0.1) is 11.8 Å². The summed E-state index contributed by atoms with van der Waals surface area (Å²) in [4.78, 5) is 18.4. The molecule has 0 unspecified atom stereocenters. The van der Waals surface area contributed by atoms with Crippen molar-refractivity contribution < 1.29 is 13.6 Å². The van der Waals surface area contributed by atoms with Crippen LogP contribution in [-0.4, -0.2) is 55.1 Å². The molecule has 1 fully saturated rings. The SMILES string of the molecule is O=C(CCc1ncc(-c2ccccc2F)o1)NCCN1CCNCC1. The number of amides is 1. The summed E-state index contributed by atoms with van der Waals surface area (Å²) in [5.74, 6) is 0.444. The second-order valence-electron chi connectivity index (χ2n) is 6.04. The van der Waals surface area contributed by atoms with Crippen LogP contribution in [-0.2, 0) is 11.2 Å². The zero-order valence-electron chi connectivity index (χ0n) is 14.1. The standard InChI is InChI=1S/C18H23FN4O2/c19-15-4-2-1-3-14(15)16-13-22-18(25-16)6-5-17(24)21-9-12-23-10-7-20-8-11-23/h1-4,13,20H,5-12H2,(H,21,24). The summed E-state index contributed by atoms with van der Waals surface area (Å²) in [6.45, 7) is 5.55. The Balaban J connectivity index is 1.41. The molecule has 1 aliphatic rings. The van der Waals surface area contributed by atoms with Gasteiger partial charge in [0.25, 0.3) is 0 Å². The normalized spacial score (nSPS) is 15.2. The highest BCUT2D eigenvalue weighted by atomic mass is 19.1. The van der Waals surface area contributed by atoms with E-state index in [9.17, 15) is 9.18 Å². The number of nitrogens with zero attached hydrogens (tertiary/aromatic N) is 2. The first-order chi connectivity index (χ1) is 12.2. The lowest BCUT2D eigenvalue weighted by Crippen LogP contribution is -2.46. The molecule has 134 valence electrons. The van der Waals surface area contributed by atoms with Gasteiger partial charge in [-0.15, -0.1) is 0 Å². The third-order valence-corrected chi connectivity index (χ3v) is 4.22. The molecule has 0 aliphatic carbocycles. The quantitative estimate of drug-likeness (QED) is 0.794. The van der Waals surface area contributed by atoms with E-state index in [2.05, 4.69) is 20.5 Å². The predicted octanol–water partition coefficient (Wildman–Crippen LogP) is 1.43. The van der Waals surface area contributed by atoms with Gasteiger partial charge in [0, 0.05) is 52.1 Å². The lowest BCUT2D eigenvalue weighted by atomic mass is 10.2. The van der Waals surface area contributed by atoms with Gasteiger partial charge in [-0.1, -0.05) is 12.1 Å². The molecule has 7 heteroatoms. The van der Waals surface area contributed by atoms with Gasteiger partial charge in [-0.3, -0.25) is 9.69 Å². The van der Waals surface area contributed by atoms with Crippen LogP contribution in [0.2, 0.25) is 0 Å². The van der Waals surface area contributed by atoms with Crippen LogP contribution < -0.4 is 10.6 Å². The summed E-state index contributed by atoms with van der Waals surface area (Å²) < 4.78 is 19.3. The number of hydrogen-bond donors (Lipinski definition) is 2. The number of piperazine rings is 1. The second kappa shape index (κ2) is 8.73. The number of aryl methyl sites for hydroxylation is 1. The number of nitrogens with one attached hydrogen (secondary N) is 2. The monoisotopic (exact) mass is 346 g/mol. The van der Waals surface area contributed by atoms with Crippen LogP contribution in [0.4, 0.5) is 4.39 Å². The Morgan fingerprint density at radius 1 is 1.32 bits per heavy atom. The number of carbonyl (C=O) groups is 1. The molecule has 25 heavy (non-hydrogen) atoms. The Morgan fingerprint density at radius 3 is 2.92 bits per heavy atom. The van der Waals surface area contributed by atoms with Gasteiger partial charge in [-0.25, -0.2) is 9.37 Å². The van der Waals surface area contributed by atoms with Gasteiger partial charge in [0.15, 0.2) is 11.7 Å². The van der Waals surface area contributed by atoms with Crippen molar-refractivity contribution in [1.82, 2.24) is 20.5 Å². The van der Waals surface area contributed by atoms with Crippen LogP contribution >= 0.6 is 0 Å². The average Bonchev–Trinajstić information content (AvgIpc) is 3.10. The van der Waals surface area contributed by atoms with Crippen molar-refractivity contribution in [3.63, 3.8) is 0 Å². The van der Waals surface area contributed by atoms with Gasteiger partial charge in [-0.2, -0.15) is 0 Å². The van der Waals surface area contributed by atoms with E-state index in [1.807, 2.05) is 0 Å². The predicted molar refractivity (Wildman–Crippen MR) is 92.5 cm³/mol. The molecule has 1 saturated heterocycles. The first-order valence-corrected chi connectivity index (χ1v) is 8.62. The summed E-state index contributed by atoms with van der Waals surface area (Å²) in [5, 5.41) is 6.22. The topological polar surface area (TPSA) is 70.4 Å². The van der Waals surface area contributed by atoms with Crippen LogP contribution in [0, 0.1) is 5.82 Å². The van der Waals surface area contributed by atoms with Crippen LogP contribution in [0.5, 0.6) is 0 Å². The minimum Gasteiger partial charge on any atom is -0.441 e. The van der Waals surface area contributed by atoms with Crippen LogP contribution in [0.25, 0.3) is 11.3 Å². The van der Waals surface area contributed by atoms with Gasteiger partial charge >= 0.3 is 0 Å². The molecule has 1 amide bonds. The number of aromatic nitrogens is 1. The van der Waals surface area contributed by atoms with Crippen molar-refractivity contribution in [3.05, 3.63) is 42.2 Å². The molecule has 1 aromatic heterocycles. The van der Waals surface area contributed by atoms with Crippen LogP contribution in [0.3, 0.4) is 0 Å². The lowest BCUT2D eigenvalue weighted by Gasteiger charge is -2.27. The second-order valence-corrected chi connectivity index (χ2v) is 6.04. The smallest absolute Gasteiger partial charge is 0.220 e. The van der Waals surface area contributed by atoms with Crippen molar-refractivity contribution in [2.75, 3.05) is 39.3 Å². The Hall–Kier alpha value is -2.25.